The number of hydrogen-bond donors (Lipinski definition) is 1. The van der Waals surface area contributed by atoms with E-state index in [1.165, 1.54) is 0 Å². The van der Waals surface area contributed by atoms with Crippen molar-refractivity contribution in [2.75, 3.05) is 0 Å². The molecule has 23 heavy (non-hydrogen) atoms. The third-order valence-corrected chi connectivity index (χ3v) is 4.47. The number of halogens is 1. The lowest BCUT2D eigenvalue weighted by Crippen LogP contribution is -2.22. The van der Waals surface area contributed by atoms with Crippen molar-refractivity contribution in [3.05, 3.63) is 55.6 Å². The van der Waals surface area contributed by atoms with Crippen molar-refractivity contribution >= 4 is 33.5 Å². The summed E-state index contributed by atoms with van der Waals surface area (Å²) in [5.74, 6) is 0.595. The molecule has 0 saturated carbocycles. The summed E-state index contributed by atoms with van der Waals surface area (Å²) < 4.78 is 2.46. The zero-order valence-corrected chi connectivity index (χ0v) is 15.3. The van der Waals surface area contributed by atoms with Crippen LogP contribution in [-0.2, 0) is 7.05 Å². The maximum Gasteiger partial charge on any atom is 0.261 e. The summed E-state index contributed by atoms with van der Waals surface area (Å²) >= 11 is 2.15. The first-order valence-corrected chi connectivity index (χ1v) is 8.35. The second kappa shape index (κ2) is 6.01. The molecule has 1 atom stereocenters. The van der Waals surface area contributed by atoms with E-state index in [2.05, 4.69) is 27.6 Å². The Labute approximate surface area is 147 Å². The molecule has 118 valence electrons. The van der Waals surface area contributed by atoms with Crippen LogP contribution in [-0.4, -0.2) is 14.5 Å². The molecule has 0 bridgehead atoms. The molecular weight excluding hydrogens is 403 g/mol. The number of pyridine rings is 1. The van der Waals surface area contributed by atoms with Crippen molar-refractivity contribution in [3.8, 4) is 11.4 Å². The standard InChI is InChI=1S/C17H17IN4O/c1-9-6-12(10(2)19)15-13(7-9)17(23)22(3)16(21-15)11-4-5-14(18)20-8-11/h4-8,10H,19H2,1-3H3/t10-/m1/s1. The number of aromatic nitrogens is 3. The molecule has 5 nitrogen and oxygen atoms in total. The van der Waals surface area contributed by atoms with E-state index in [1.807, 2.05) is 38.1 Å². The van der Waals surface area contributed by atoms with E-state index in [1.54, 1.807) is 17.8 Å². The normalized spacial score (nSPS) is 12.6. The molecule has 3 aromatic rings. The van der Waals surface area contributed by atoms with Crippen LogP contribution < -0.4 is 11.3 Å². The summed E-state index contributed by atoms with van der Waals surface area (Å²) in [6.45, 7) is 3.86. The Balaban J connectivity index is 2.39. The predicted octanol–water partition coefficient (Wildman–Crippen LogP) is 2.93. The van der Waals surface area contributed by atoms with Gasteiger partial charge in [0.1, 0.15) is 9.53 Å². The molecule has 2 heterocycles. The summed E-state index contributed by atoms with van der Waals surface area (Å²) in [6.07, 6.45) is 1.73. The van der Waals surface area contributed by atoms with Crippen LogP contribution in [0.2, 0.25) is 0 Å². The number of fused-ring (bicyclic) bond motifs is 1. The lowest BCUT2D eigenvalue weighted by Gasteiger charge is -2.14. The number of benzene rings is 1. The van der Waals surface area contributed by atoms with Gasteiger partial charge in [-0.2, -0.15) is 0 Å². The number of nitrogens with zero attached hydrogens (tertiary/aromatic N) is 3. The van der Waals surface area contributed by atoms with Crippen molar-refractivity contribution < 1.29 is 0 Å². The van der Waals surface area contributed by atoms with E-state index in [9.17, 15) is 4.79 Å². The smallest absolute Gasteiger partial charge is 0.261 e. The fourth-order valence-electron chi connectivity index (χ4n) is 2.67. The van der Waals surface area contributed by atoms with Crippen LogP contribution in [0.5, 0.6) is 0 Å². The second-order valence-electron chi connectivity index (χ2n) is 5.71. The highest BCUT2D eigenvalue weighted by atomic mass is 127. The zero-order chi connectivity index (χ0) is 16.7. The summed E-state index contributed by atoms with van der Waals surface area (Å²) in [7, 11) is 1.73. The van der Waals surface area contributed by atoms with Gasteiger partial charge in [0, 0.05) is 24.8 Å². The molecule has 1 aromatic carbocycles. The van der Waals surface area contributed by atoms with Gasteiger partial charge in [0.05, 0.1) is 10.9 Å². The zero-order valence-electron chi connectivity index (χ0n) is 13.2. The van der Waals surface area contributed by atoms with E-state index < -0.39 is 0 Å². The van der Waals surface area contributed by atoms with Crippen molar-refractivity contribution in [3.63, 3.8) is 0 Å². The molecular formula is C17H17IN4O. The van der Waals surface area contributed by atoms with E-state index in [0.717, 1.165) is 20.4 Å². The molecule has 0 aliphatic rings. The lowest BCUT2D eigenvalue weighted by atomic mass is 10.0. The van der Waals surface area contributed by atoms with Crippen LogP contribution in [0.25, 0.3) is 22.3 Å². The average molecular weight is 420 g/mol. The van der Waals surface area contributed by atoms with Crippen LogP contribution >= 0.6 is 22.6 Å². The Bertz CT molecular complexity index is 945. The highest BCUT2D eigenvalue weighted by Gasteiger charge is 2.15. The fourth-order valence-corrected chi connectivity index (χ4v) is 2.98. The number of rotatable bonds is 2. The van der Waals surface area contributed by atoms with Crippen LogP contribution in [0, 0.1) is 10.6 Å². The molecule has 0 aliphatic carbocycles. The minimum absolute atomic E-state index is 0.0749. The van der Waals surface area contributed by atoms with Gasteiger partial charge in [-0.05, 0) is 65.8 Å². The van der Waals surface area contributed by atoms with Crippen LogP contribution in [0.1, 0.15) is 24.1 Å². The van der Waals surface area contributed by atoms with E-state index in [-0.39, 0.29) is 11.6 Å². The molecule has 0 spiro atoms. The van der Waals surface area contributed by atoms with Crippen molar-refractivity contribution in [2.45, 2.75) is 19.9 Å². The van der Waals surface area contributed by atoms with Gasteiger partial charge in [-0.3, -0.25) is 9.36 Å². The highest BCUT2D eigenvalue weighted by molar-refractivity contribution is 14.1. The fraction of sp³-hybridized carbons (Fsp3) is 0.235. The van der Waals surface area contributed by atoms with Gasteiger partial charge in [0.2, 0.25) is 0 Å². The number of nitrogens with two attached hydrogens (primary N) is 1. The summed E-state index contributed by atoms with van der Waals surface area (Å²) in [6, 6.07) is 7.48. The molecule has 0 radical (unpaired) electrons. The molecule has 2 N–H and O–H groups in total. The molecule has 0 amide bonds. The first-order valence-electron chi connectivity index (χ1n) is 7.27. The summed E-state index contributed by atoms with van der Waals surface area (Å²) in [5, 5.41) is 0.599. The van der Waals surface area contributed by atoms with Crippen molar-refractivity contribution in [2.24, 2.45) is 12.8 Å². The predicted molar refractivity (Wildman–Crippen MR) is 100 cm³/mol. The van der Waals surface area contributed by atoms with E-state index >= 15 is 0 Å². The Kier molecular flexibility index (Phi) is 4.20. The van der Waals surface area contributed by atoms with Crippen LogP contribution in [0.4, 0.5) is 0 Å². The van der Waals surface area contributed by atoms with Gasteiger partial charge in [-0.25, -0.2) is 9.97 Å². The molecule has 0 unspecified atom stereocenters. The monoisotopic (exact) mass is 420 g/mol. The van der Waals surface area contributed by atoms with Gasteiger partial charge in [-0.15, -0.1) is 0 Å². The first-order chi connectivity index (χ1) is 10.9. The summed E-state index contributed by atoms with van der Waals surface area (Å²) in [4.78, 5) is 21.8. The Morgan fingerprint density at radius 2 is 2.04 bits per heavy atom. The maximum atomic E-state index is 12.8. The minimum Gasteiger partial charge on any atom is -0.324 e. The van der Waals surface area contributed by atoms with Gasteiger partial charge in [0.25, 0.3) is 5.56 Å². The third kappa shape index (κ3) is 2.88. The maximum absolute atomic E-state index is 12.8. The number of hydrogen-bond acceptors (Lipinski definition) is 4. The second-order valence-corrected chi connectivity index (χ2v) is 6.81. The van der Waals surface area contributed by atoms with Crippen molar-refractivity contribution in [1.29, 1.82) is 0 Å². The first kappa shape index (κ1) is 16.1. The molecule has 0 saturated heterocycles. The SMILES string of the molecule is Cc1cc([C@@H](C)N)c2nc(-c3ccc(I)nc3)n(C)c(=O)c2c1. The largest absolute Gasteiger partial charge is 0.324 e. The quantitative estimate of drug-likeness (QED) is 0.511. The van der Waals surface area contributed by atoms with Gasteiger partial charge in [-0.1, -0.05) is 6.07 Å². The number of aryl methyl sites for hydroxylation is 1. The minimum atomic E-state index is -0.195. The van der Waals surface area contributed by atoms with Crippen LogP contribution in [0.3, 0.4) is 0 Å². The Morgan fingerprint density at radius 3 is 2.65 bits per heavy atom. The summed E-state index contributed by atoms with van der Waals surface area (Å²) in [5.41, 5.74) is 9.38. The topological polar surface area (TPSA) is 73.8 Å². The molecule has 0 aliphatic heterocycles. The Hall–Kier alpha value is -1.80. The highest BCUT2D eigenvalue weighted by Crippen LogP contribution is 2.24. The average Bonchev–Trinajstić information content (AvgIpc) is 2.51. The third-order valence-electron chi connectivity index (χ3n) is 3.83. The molecule has 0 fully saturated rings. The van der Waals surface area contributed by atoms with Crippen molar-refractivity contribution in [1.82, 2.24) is 14.5 Å². The van der Waals surface area contributed by atoms with E-state index in [0.29, 0.717) is 16.7 Å². The molecule has 3 rings (SSSR count). The van der Waals surface area contributed by atoms with Crippen LogP contribution in [0.15, 0.2) is 35.3 Å². The van der Waals surface area contributed by atoms with Gasteiger partial charge < -0.3 is 5.73 Å². The molecule has 2 aromatic heterocycles. The van der Waals surface area contributed by atoms with Gasteiger partial charge in [0.15, 0.2) is 0 Å². The Morgan fingerprint density at radius 1 is 1.30 bits per heavy atom. The van der Waals surface area contributed by atoms with E-state index in [4.69, 9.17) is 10.7 Å². The lowest BCUT2D eigenvalue weighted by molar-refractivity contribution is 0.813. The molecule has 6 heteroatoms. The van der Waals surface area contributed by atoms with Gasteiger partial charge >= 0.3 is 0 Å².